The van der Waals surface area contributed by atoms with E-state index in [1.807, 2.05) is 17.6 Å². The smallest absolute Gasteiger partial charge is 0.387 e. The molecule has 0 aliphatic rings. The molecule has 21 heavy (non-hydrogen) atoms. The number of thioether (sulfide) groups is 1. The van der Waals surface area contributed by atoms with Crippen LogP contribution in [-0.2, 0) is 6.54 Å². The van der Waals surface area contributed by atoms with E-state index >= 15 is 0 Å². The predicted molar refractivity (Wildman–Crippen MR) is 74.1 cm³/mol. The van der Waals surface area contributed by atoms with Gasteiger partial charge in [0.25, 0.3) is 0 Å². The molecule has 2 aromatic rings. The van der Waals surface area contributed by atoms with Crippen molar-refractivity contribution in [2.75, 3.05) is 5.75 Å². The molecule has 1 aromatic heterocycles. The summed E-state index contributed by atoms with van der Waals surface area (Å²) in [6.07, 6.45) is 0. The first-order valence-electron chi connectivity index (χ1n) is 6.14. The molecular formula is C13H12F2N4OS. The lowest BCUT2D eigenvalue weighted by atomic mass is 10.2. The molecule has 0 saturated carbocycles. The summed E-state index contributed by atoms with van der Waals surface area (Å²) in [5.41, 5.74) is 0.745. The molecule has 2 rings (SSSR count). The Kier molecular flexibility index (Phi) is 5.11. The second kappa shape index (κ2) is 7.04. The van der Waals surface area contributed by atoms with E-state index in [-0.39, 0.29) is 5.75 Å². The van der Waals surface area contributed by atoms with Crippen LogP contribution in [0.15, 0.2) is 29.4 Å². The highest BCUT2D eigenvalue weighted by molar-refractivity contribution is 7.99. The van der Waals surface area contributed by atoms with Gasteiger partial charge in [0.05, 0.1) is 11.8 Å². The van der Waals surface area contributed by atoms with Crippen molar-refractivity contribution in [3.8, 4) is 23.2 Å². The number of alkyl halides is 2. The Balaban J connectivity index is 2.25. The van der Waals surface area contributed by atoms with Gasteiger partial charge in [0.2, 0.25) is 0 Å². The quantitative estimate of drug-likeness (QED) is 0.767. The van der Waals surface area contributed by atoms with Gasteiger partial charge >= 0.3 is 6.61 Å². The number of nitriles is 1. The van der Waals surface area contributed by atoms with Crippen LogP contribution < -0.4 is 4.74 Å². The fourth-order valence-electron chi connectivity index (χ4n) is 1.78. The second-order valence-corrected chi connectivity index (χ2v) is 4.84. The molecule has 0 aliphatic heterocycles. The standard InChI is InChI=1S/C13H12F2N4OS/c1-2-19-11(17-18-13(19)21-8-7-16)9-3-5-10(6-4-9)20-12(14)15/h3-6,12H,2,8H2,1H3. The highest BCUT2D eigenvalue weighted by Gasteiger charge is 2.13. The number of aromatic nitrogens is 3. The molecule has 0 unspecified atom stereocenters. The van der Waals surface area contributed by atoms with Crippen LogP contribution in [0.2, 0.25) is 0 Å². The van der Waals surface area contributed by atoms with E-state index in [9.17, 15) is 8.78 Å². The second-order valence-electron chi connectivity index (χ2n) is 3.90. The van der Waals surface area contributed by atoms with Gasteiger partial charge in [-0.2, -0.15) is 14.0 Å². The number of benzene rings is 1. The maximum atomic E-state index is 12.1. The average molecular weight is 310 g/mol. The lowest BCUT2D eigenvalue weighted by Crippen LogP contribution is -2.02. The summed E-state index contributed by atoms with van der Waals surface area (Å²) in [6, 6.07) is 8.24. The van der Waals surface area contributed by atoms with E-state index in [1.54, 1.807) is 12.1 Å². The third kappa shape index (κ3) is 3.70. The molecule has 1 aromatic carbocycles. The fraction of sp³-hybridized carbons (Fsp3) is 0.308. The van der Waals surface area contributed by atoms with Gasteiger partial charge in [-0.15, -0.1) is 10.2 Å². The lowest BCUT2D eigenvalue weighted by molar-refractivity contribution is -0.0498. The molecule has 110 valence electrons. The summed E-state index contributed by atoms with van der Waals surface area (Å²) in [6.45, 7) is -0.257. The van der Waals surface area contributed by atoms with Crippen LogP contribution in [0.3, 0.4) is 0 Å². The van der Waals surface area contributed by atoms with Crippen molar-refractivity contribution in [3.05, 3.63) is 24.3 Å². The van der Waals surface area contributed by atoms with Crippen molar-refractivity contribution in [1.82, 2.24) is 14.8 Å². The highest BCUT2D eigenvalue weighted by atomic mass is 32.2. The van der Waals surface area contributed by atoms with Crippen LogP contribution in [0.1, 0.15) is 6.92 Å². The third-order valence-corrected chi connectivity index (χ3v) is 3.47. The summed E-state index contributed by atoms with van der Waals surface area (Å²) < 4.78 is 30.4. The van der Waals surface area contributed by atoms with E-state index < -0.39 is 6.61 Å². The van der Waals surface area contributed by atoms with E-state index in [4.69, 9.17) is 5.26 Å². The third-order valence-electron chi connectivity index (χ3n) is 2.64. The Labute approximate surface area is 124 Å². The Bertz CT molecular complexity index is 637. The highest BCUT2D eigenvalue weighted by Crippen LogP contribution is 2.25. The molecule has 5 nitrogen and oxygen atoms in total. The van der Waals surface area contributed by atoms with Crippen LogP contribution in [-0.4, -0.2) is 27.1 Å². The van der Waals surface area contributed by atoms with Crippen LogP contribution in [0, 0.1) is 11.3 Å². The molecule has 0 saturated heterocycles. The van der Waals surface area contributed by atoms with E-state index in [0.717, 1.165) is 5.56 Å². The first kappa shape index (κ1) is 15.3. The number of rotatable bonds is 6. The maximum absolute atomic E-state index is 12.1. The Morgan fingerprint density at radius 1 is 1.33 bits per heavy atom. The Morgan fingerprint density at radius 3 is 2.62 bits per heavy atom. The number of ether oxygens (including phenoxy) is 1. The zero-order valence-corrected chi connectivity index (χ0v) is 12.0. The molecule has 0 spiro atoms. The van der Waals surface area contributed by atoms with Crippen LogP contribution in [0.4, 0.5) is 8.78 Å². The van der Waals surface area contributed by atoms with Crippen molar-refractivity contribution in [2.45, 2.75) is 25.2 Å². The van der Waals surface area contributed by atoms with Crippen molar-refractivity contribution in [1.29, 1.82) is 5.26 Å². The van der Waals surface area contributed by atoms with Crippen LogP contribution in [0.25, 0.3) is 11.4 Å². The molecule has 0 amide bonds. The molecule has 0 fully saturated rings. The maximum Gasteiger partial charge on any atom is 0.387 e. The fourth-order valence-corrected chi connectivity index (χ4v) is 2.44. The normalized spacial score (nSPS) is 10.6. The molecule has 0 bridgehead atoms. The minimum atomic E-state index is -2.84. The molecule has 0 radical (unpaired) electrons. The van der Waals surface area contributed by atoms with Crippen LogP contribution >= 0.6 is 11.8 Å². The summed E-state index contributed by atoms with van der Waals surface area (Å²) in [5.74, 6) is 1.01. The van der Waals surface area contributed by atoms with Gasteiger partial charge in [0.15, 0.2) is 11.0 Å². The first-order chi connectivity index (χ1) is 10.2. The minimum absolute atomic E-state index is 0.0930. The summed E-state index contributed by atoms with van der Waals surface area (Å²) in [4.78, 5) is 0. The molecule has 1 heterocycles. The summed E-state index contributed by atoms with van der Waals surface area (Å²) in [5, 5.41) is 17.4. The van der Waals surface area contributed by atoms with Crippen molar-refractivity contribution >= 4 is 11.8 Å². The van der Waals surface area contributed by atoms with Crippen LogP contribution in [0.5, 0.6) is 5.75 Å². The number of halogens is 2. The predicted octanol–water partition coefficient (Wildman–Crippen LogP) is 3.18. The van der Waals surface area contributed by atoms with Crippen molar-refractivity contribution < 1.29 is 13.5 Å². The van der Waals surface area contributed by atoms with E-state index in [0.29, 0.717) is 23.3 Å². The monoisotopic (exact) mass is 310 g/mol. The minimum Gasteiger partial charge on any atom is -0.435 e. The van der Waals surface area contributed by atoms with Crippen molar-refractivity contribution in [3.63, 3.8) is 0 Å². The number of hydrogen-bond acceptors (Lipinski definition) is 5. The van der Waals surface area contributed by atoms with Gasteiger partial charge in [-0.1, -0.05) is 11.8 Å². The average Bonchev–Trinajstić information content (AvgIpc) is 2.88. The van der Waals surface area contributed by atoms with Gasteiger partial charge in [0, 0.05) is 12.1 Å². The molecule has 0 atom stereocenters. The molecular weight excluding hydrogens is 298 g/mol. The Morgan fingerprint density at radius 2 is 2.05 bits per heavy atom. The molecule has 0 N–H and O–H groups in total. The molecule has 8 heteroatoms. The number of nitrogens with zero attached hydrogens (tertiary/aromatic N) is 4. The van der Waals surface area contributed by atoms with E-state index in [2.05, 4.69) is 14.9 Å². The zero-order valence-electron chi connectivity index (χ0n) is 11.2. The Hall–Kier alpha value is -2.14. The zero-order chi connectivity index (χ0) is 15.2. The van der Waals surface area contributed by atoms with Gasteiger partial charge < -0.3 is 9.30 Å². The van der Waals surface area contributed by atoms with Crippen molar-refractivity contribution in [2.24, 2.45) is 0 Å². The topological polar surface area (TPSA) is 63.7 Å². The van der Waals surface area contributed by atoms with E-state index in [1.165, 1.54) is 23.9 Å². The van der Waals surface area contributed by atoms with Gasteiger partial charge in [-0.25, -0.2) is 0 Å². The lowest BCUT2D eigenvalue weighted by Gasteiger charge is -2.07. The first-order valence-corrected chi connectivity index (χ1v) is 7.12. The number of hydrogen-bond donors (Lipinski definition) is 0. The van der Waals surface area contributed by atoms with Gasteiger partial charge in [-0.3, -0.25) is 0 Å². The van der Waals surface area contributed by atoms with Gasteiger partial charge in [0.1, 0.15) is 5.75 Å². The van der Waals surface area contributed by atoms with Gasteiger partial charge in [-0.05, 0) is 31.2 Å². The largest absolute Gasteiger partial charge is 0.435 e. The SMILES string of the molecule is CCn1c(SCC#N)nnc1-c1ccc(OC(F)F)cc1. The molecule has 0 aliphatic carbocycles. The summed E-state index contributed by atoms with van der Waals surface area (Å²) >= 11 is 1.30. The summed E-state index contributed by atoms with van der Waals surface area (Å²) in [7, 11) is 0.